The third kappa shape index (κ3) is 4.32. The zero-order chi connectivity index (χ0) is 17.7. The number of amides is 1. The minimum atomic E-state index is -0.755. The van der Waals surface area contributed by atoms with Gasteiger partial charge in [-0.15, -0.1) is 0 Å². The van der Waals surface area contributed by atoms with Gasteiger partial charge in [0.1, 0.15) is 0 Å². The summed E-state index contributed by atoms with van der Waals surface area (Å²) in [4.78, 5) is 12.3. The fourth-order valence-corrected chi connectivity index (χ4v) is 2.36. The van der Waals surface area contributed by atoms with Gasteiger partial charge < -0.3 is 19.5 Å². The summed E-state index contributed by atoms with van der Waals surface area (Å²) < 4.78 is 16.4. The normalized spacial score (nSPS) is 11.5. The van der Waals surface area contributed by atoms with Crippen LogP contribution < -0.4 is 19.5 Å². The van der Waals surface area contributed by atoms with E-state index >= 15 is 0 Å². The highest BCUT2D eigenvalue weighted by molar-refractivity contribution is 6.30. The molecule has 1 N–H and O–H groups in total. The molecule has 128 valence electrons. The van der Waals surface area contributed by atoms with Crippen molar-refractivity contribution in [3.8, 4) is 17.2 Å². The highest BCUT2D eigenvalue weighted by Crippen LogP contribution is 2.39. The van der Waals surface area contributed by atoms with Crippen LogP contribution in [-0.2, 0) is 4.79 Å². The van der Waals surface area contributed by atoms with Gasteiger partial charge in [0.15, 0.2) is 17.6 Å². The molecule has 0 aliphatic carbocycles. The minimum absolute atomic E-state index is 0.304. The molecular weight excluding hydrogens is 330 g/mol. The van der Waals surface area contributed by atoms with Crippen LogP contribution in [0.25, 0.3) is 0 Å². The van der Waals surface area contributed by atoms with Crippen molar-refractivity contribution in [3.63, 3.8) is 0 Å². The predicted octanol–water partition coefficient (Wildman–Crippen LogP) is 4.07. The Hall–Kier alpha value is -2.40. The van der Waals surface area contributed by atoms with Crippen LogP contribution in [-0.4, -0.2) is 26.2 Å². The third-order valence-electron chi connectivity index (χ3n) is 3.36. The smallest absolute Gasteiger partial charge is 0.265 e. The number of benzene rings is 2. The van der Waals surface area contributed by atoms with Crippen molar-refractivity contribution in [1.82, 2.24) is 0 Å². The van der Waals surface area contributed by atoms with Crippen LogP contribution in [0, 0.1) is 6.92 Å². The second-order valence-corrected chi connectivity index (χ2v) is 5.69. The lowest BCUT2D eigenvalue weighted by atomic mass is 10.2. The molecule has 0 saturated heterocycles. The van der Waals surface area contributed by atoms with Gasteiger partial charge in [-0.25, -0.2) is 0 Å². The lowest BCUT2D eigenvalue weighted by Gasteiger charge is -2.19. The molecule has 0 spiro atoms. The van der Waals surface area contributed by atoms with Crippen LogP contribution in [0.3, 0.4) is 0 Å². The van der Waals surface area contributed by atoms with Gasteiger partial charge in [0.2, 0.25) is 5.75 Å². The Balaban J connectivity index is 2.16. The van der Waals surface area contributed by atoms with Gasteiger partial charge >= 0.3 is 0 Å². The molecule has 2 aromatic carbocycles. The van der Waals surface area contributed by atoms with E-state index in [1.807, 2.05) is 19.1 Å². The van der Waals surface area contributed by atoms with Crippen molar-refractivity contribution in [2.24, 2.45) is 0 Å². The van der Waals surface area contributed by atoms with E-state index in [0.717, 1.165) is 5.56 Å². The van der Waals surface area contributed by atoms with Crippen molar-refractivity contribution in [1.29, 1.82) is 0 Å². The average Bonchev–Trinajstić information content (AvgIpc) is 2.55. The number of aryl methyl sites for hydroxylation is 1. The van der Waals surface area contributed by atoms with Gasteiger partial charge in [-0.3, -0.25) is 4.79 Å². The van der Waals surface area contributed by atoms with Crippen molar-refractivity contribution in [2.75, 3.05) is 19.5 Å². The number of hydrogen-bond acceptors (Lipinski definition) is 4. The molecule has 0 radical (unpaired) electrons. The fraction of sp³-hybridized carbons (Fsp3) is 0.278. The Labute approximate surface area is 146 Å². The molecule has 0 aromatic heterocycles. The third-order valence-corrected chi connectivity index (χ3v) is 3.60. The Bertz CT molecular complexity index is 708. The molecule has 0 aliphatic heterocycles. The first-order chi connectivity index (χ1) is 11.4. The zero-order valence-corrected chi connectivity index (χ0v) is 14.8. The SMILES string of the molecule is COc1cc(C)cc(OC)c1O[C@@H](C)C(=O)Nc1cccc(Cl)c1. The van der Waals surface area contributed by atoms with Crippen LogP contribution in [0.5, 0.6) is 17.2 Å². The first-order valence-corrected chi connectivity index (χ1v) is 7.78. The summed E-state index contributed by atoms with van der Waals surface area (Å²) in [5.74, 6) is 1.10. The molecule has 24 heavy (non-hydrogen) atoms. The number of ether oxygens (including phenoxy) is 3. The lowest BCUT2D eigenvalue weighted by Crippen LogP contribution is -2.30. The highest BCUT2D eigenvalue weighted by atomic mass is 35.5. The topological polar surface area (TPSA) is 56.8 Å². The van der Waals surface area contributed by atoms with E-state index in [1.165, 1.54) is 14.2 Å². The first kappa shape index (κ1) is 17.9. The molecule has 2 rings (SSSR count). The van der Waals surface area contributed by atoms with Gasteiger partial charge in [0.05, 0.1) is 14.2 Å². The monoisotopic (exact) mass is 349 g/mol. The Morgan fingerprint density at radius 3 is 2.29 bits per heavy atom. The number of methoxy groups -OCH3 is 2. The summed E-state index contributed by atoms with van der Waals surface area (Å²) in [5.41, 5.74) is 1.57. The molecule has 6 heteroatoms. The van der Waals surface area contributed by atoms with E-state index in [9.17, 15) is 4.79 Å². The van der Waals surface area contributed by atoms with Crippen LogP contribution >= 0.6 is 11.6 Å². The van der Waals surface area contributed by atoms with E-state index in [-0.39, 0.29) is 5.91 Å². The molecule has 0 heterocycles. The maximum Gasteiger partial charge on any atom is 0.265 e. The van der Waals surface area contributed by atoms with Gasteiger partial charge in [-0.05, 0) is 49.7 Å². The number of anilines is 1. The summed E-state index contributed by atoms with van der Waals surface area (Å²) in [7, 11) is 3.08. The predicted molar refractivity (Wildman–Crippen MR) is 94.5 cm³/mol. The summed E-state index contributed by atoms with van der Waals surface area (Å²) >= 11 is 5.92. The van der Waals surface area contributed by atoms with Gasteiger partial charge in [-0.1, -0.05) is 17.7 Å². The van der Waals surface area contributed by atoms with Crippen molar-refractivity contribution in [2.45, 2.75) is 20.0 Å². The molecule has 0 bridgehead atoms. The highest BCUT2D eigenvalue weighted by Gasteiger charge is 2.21. The Morgan fingerprint density at radius 2 is 1.75 bits per heavy atom. The van der Waals surface area contributed by atoms with Gasteiger partial charge in [0, 0.05) is 10.7 Å². The van der Waals surface area contributed by atoms with Crippen LogP contribution in [0.1, 0.15) is 12.5 Å². The number of carbonyl (C=O) groups is 1. The standard InChI is InChI=1S/C18H20ClNO4/c1-11-8-15(22-3)17(16(9-11)23-4)24-12(2)18(21)20-14-7-5-6-13(19)10-14/h5-10,12H,1-4H3,(H,20,21)/t12-/m0/s1. The molecule has 1 atom stereocenters. The van der Waals surface area contributed by atoms with Gasteiger partial charge in [0.25, 0.3) is 5.91 Å². The molecular formula is C18H20ClNO4. The fourth-order valence-electron chi connectivity index (χ4n) is 2.17. The first-order valence-electron chi connectivity index (χ1n) is 7.40. The summed E-state index contributed by atoms with van der Waals surface area (Å²) in [6.45, 7) is 3.57. The number of carbonyl (C=O) groups excluding carboxylic acids is 1. The number of halogens is 1. The number of nitrogens with one attached hydrogen (secondary N) is 1. The molecule has 0 aliphatic rings. The van der Waals surface area contributed by atoms with Crippen LogP contribution in [0.4, 0.5) is 5.69 Å². The van der Waals surface area contributed by atoms with E-state index in [1.54, 1.807) is 31.2 Å². The van der Waals surface area contributed by atoms with Crippen LogP contribution in [0.2, 0.25) is 5.02 Å². The number of hydrogen-bond donors (Lipinski definition) is 1. The van der Waals surface area contributed by atoms with E-state index in [4.69, 9.17) is 25.8 Å². The largest absolute Gasteiger partial charge is 0.493 e. The van der Waals surface area contributed by atoms with Crippen molar-refractivity contribution in [3.05, 3.63) is 47.0 Å². The number of rotatable bonds is 6. The van der Waals surface area contributed by atoms with E-state index < -0.39 is 6.10 Å². The zero-order valence-electron chi connectivity index (χ0n) is 14.1. The maximum absolute atomic E-state index is 12.3. The second kappa shape index (κ2) is 7.93. The second-order valence-electron chi connectivity index (χ2n) is 5.26. The van der Waals surface area contributed by atoms with E-state index in [2.05, 4.69) is 5.32 Å². The molecule has 5 nitrogen and oxygen atoms in total. The summed E-state index contributed by atoms with van der Waals surface area (Å²) in [6, 6.07) is 10.6. The minimum Gasteiger partial charge on any atom is -0.493 e. The molecule has 2 aromatic rings. The maximum atomic E-state index is 12.3. The molecule has 0 fully saturated rings. The lowest BCUT2D eigenvalue weighted by molar-refractivity contribution is -0.122. The molecule has 1 amide bonds. The Kier molecular flexibility index (Phi) is 5.93. The van der Waals surface area contributed by atoms with Crippen molar-refractivity contribution < 1.29 is 19.0 Å². The average molecular weight is 350 g/mol. The molecule has 0 saturated carbocycles. The van der Waals surface area contributed by atoms with Crippen LogP contribution in [0.15, 0.2) is 36.4 Å². The van der Waals surface area contributed by atoms with Gasteiger partial charge in [-0.2, -0.15) is 0 Å². The quantitative estimate of drug-likeness (QED) is 0.854. The summed E-state index contributed by atoms with van der Waals surface area (Å²) in [6.07, 6.45) is -0.755. The Morgan fingerprint density at radius 1 is 1.12 bits per heavy atom. The van der Waals surface area contributed by atoms with E-state index in [0.29, 0.717) is 28.0 Å². The van der Waals surface area contributed by atoms with Crippen molar-refractivity contribution >= 4 is 23.2 Å². The molecule has 0 unspecified atom stereocenters. The summed E-state index contributed by atoms with van der Waals surface area (Å²) in [5, 5.41) is 3.30.